The molecule has 1 heterocycles. The van der Waals surface area contributed by atoms with Crippen LogP contribution in [0, 0.1) is 0 Å². The Morgan fingerprint density at radius 3 is 2.89 bits per heavy atom. The maximum absolute atomic E-state index is 11.9. The zero-order chi connectivity index (χ0) is 12.8. The molecule has 0 aromatic heterocycles. The topological polar surface area (TPSA) is 49.8 Å². The second-order valence-electron chi connectivity index (χ2n) is 4.61. The Morgan fingerprint density at radius 1 is 1.39 bits per heavy atom. The molecule has 4 nitrogen and oxygen atoms in total. The summed E-state index contributed by atoms with van der Waals surface area (Å²) in [7, 11) is 0. The third-order valence-corrected chi connectivity index (χ3v) is 3.07. The van der Waals surface area contributed by atoms with Crippen molar-refractivity contribution in [1.29, 1.82) is 0 Å². The number of morpholine rings is 1. The van der Waals surface area contributed by atoms with E-state index in [1.54, 1.807) is 0 Å². The van der Waals surface area contributed by atoms with Gasteiger partial charge in [0.05, 0.1) is 25.9 Å². The number of ether oxygens (including phenoxy) is 1. The lowest BCUT2D eigenvalue weighted by Crippen LogP contribution is -2.46. The van der Waals surface area contributed by atoms with Gasteiger partial charge in [-0.15, -0.1) is 0 Å². The summed E-state index contributed by atoms with van der Waals surface area (Å²) in [4.78, 5) is 14.0. The van der Waals surface area contributed by atoms with Crippen LogP contribution in [0.15, 0.2) is 30.3 Å². The van der Waals surface area contributed by atoms with E-state index in [2.05, 4.69) is 4.90 Å². The minimum Gasteiger partial charge on any atom is -0.394 e. The van der Waals surface area contributed by atoms with E-state index < -0.39 is 0 Å². The Labute approximate surface area is 107 Å². The van der Waals surface area contributed by atoms with Gasteiger partial charge < -0.3 is 9.84 Å². The minimum atomic E-state index is -0.150. The van der Waals surface area contributed by atoms with Gasteiger partial charge in [0, 0.05) is 19.5 Å². The molecular formula is C14H19NO3. The Balaban J connectivity index is 1.80. The molecule has 0 spiro atoms. The van der Waals surface area contributed by atoms with E-state index in [4.69, 9.17) is 9.84 Å². The minimum absolute atomic E-state index is 0.0172. The molecule has 1 fully saturated rings. The molecule has 0 bridgehead atoms. The van der Waals surface area contributed by atoms with Crippen molar-refractivity contribution in [3.63, 3.8) is 0 Å². The number of aliphatic hydroxyl groups excluding tert-OH is 1. The quantitative estimate of drug-likeness (QED) is 0.825. The average molecular weight is 249 g/mol. The monoisotopic (exact) mass is 249 g/mol. The number of ketones is 1. The second kappa shape index (κ2) is 6.64. The van der Waals surface area contributed by atoms with E-state index >= 15 is 0 Å². The van der Waals surface area contributed by atoms with Crippen molar-refractivity contribution in [3.8, 4) is 0 Å². The van der Waals surface area contributed by atoms with Gasteiger partial charge in [0.1, 0.15) is 0 Å². The van der Waals surface area contributed by atoms with E-state index in [0.717, 1.165) is 12.1 Å². The first-order chi connectivity index (χ1) is 8.78. The van der Waals surface area contributed by atoms with Crippen LogP contribution >= 0.6 is 0 Å². The highest BCUT2D eigenvalue weighted by molar-refractivity contribution is 5.82. The fraction of sp³-hybridized carbons (Fsp3) is 0.500. The van der Waals surface area contributed by atoms with E-state index in [1.807, 2.05) is 30.3 Å². The lowest BCUT2D eigenvalue weighted by Gasteiger charge is -2.31. The van der Waals surface area contributed by atoms with Gasteiger partial charge in [-0.05, 0) is 5.56 Å². The number of aliphatic hydroxyl groups is 1. The average Bonchev–Trinajstić information content (AvgIpc) is 2.40. The van der Waals surface area contributed by atoms with Crippen LogP contribution in [0.4, 0.5) is 0 Å². The fourth-order valence-electron chi connectivity index (χ4n) is 2.16. The molecule has 98 valence electrons. The molecular weight excluding hydrogens is 230 g/mol. The van der Waals surface area contributed by atoms with Crippen molar-refractivity contribution >= 4 is 5.78 Å². The normalized spacial score (nSPS) is 20.8. The summed E-state index contributed by atoms with van der Waals surface area (Å²) in [6.07, 6.45) is 0.324. The predicted octanol–water partition coefficient (Wildman–Crippen LogP) is 0.491. The second-order valence-corrected chi connectivity index (χ2v) is 4.61. The number of benzene rings is 1. The van der Waals surface area contributed by atoms with Crippen molar-refractivity contribution in [1.82, 2.24) is 4.90 Å². The van der Waals surface area contributed by atoms with Crippen molar-refractivity contribution in [3.05, 3.63) is 35.9 Å². The highest BCUT2D eigenvalue weighted by Gasteiger charge is 2.21. The summed E-state index contributed by atoms with van der Waals surface area (Å²) in [5, 5.41) is 9.04. The fourth-order valence-corrected chi connectivity index (χ4v) is 2.16. The van der Waals surface area contributed by atoms with Gasteiger partial charge in [-0.1, -0.05) is 30.3 Å². The number of carbonyl (C=O) groups is 1. The van der Waals surface area contributed by atoms with Crippen molar-refractivity contribution in [2.75, 3.05) is 32.8 Å². The molecule has 1 aliphatic heterocycles. The van der Waals surface area contributed by atoms with Crippen molar-refractivity contribution in [2.45, 2.75) is 12.5 Å². The van der Waals surface area contributed by atoms with Crippen molar-refractivity contribution < 1.29 is 14.6 Å². The molecule has 1 atom stereocenters. The summed E-state index contributed by atoms with van der Waals surface area (Å²) in [6, 6.07) is 9.77. The molecule has 0 aliphatic carbocycles. The van der Waals surface area contributed by atoms with E-state index in [-0.39, 0.29) is 18.5 Å². The van der Waals surface area contributed by atoms with Crippen LogP contribution in [0.5, 0.6) is 0 Å². The van der Waals surface area contributed by atoms with Gasteiger partial charge in [-0.2, -0.15) is 0 Å². The first kappa shape index (κ1) is 13.2. The Bertz CT molecular complexity index is 380. The molecule has 4 heteroatoms. The number of hydrogen-bond donors (Lipinski definition) is 1. The molecule has 2 rings (SSSR count). The van der Waals surface area contributed by atoms with Crippen LogP contribution in [0.25, 0.3) is 0 Å². The first-order valence-electron chi connectivity index (χ1n) is 6.28. The highest BCUT2D eigenvalue weighted by Crippen LogP contribution is 2.06. The van der Waals surface area contributed by atoms with E-state index in [1.165, 1.54) is 0 Å². The molecule has 1 aliphatic rings. The lowest BCUT2D eigenvalue weighted by atomic mass is 10.1. The summed E-state index contributed by atoms with van der Waals surface area (Å²) in [5.74, 6) is 0.208. The van der Waals surface area contributed by atoms with Gasteiger partial charge >= 0.3 is 0 Å². The lowest BCUT2D eigenvalue weighted by molar-refractivity contribution is -0.122. The number of hydrogen-bond acceptors (Lipinski definition) is 4. The summed E-state index contributed by atoms with van der Waals surface area (Å²) < 4.78 is 5.35. The number of Topliss-reactive ketones (excluding diaryl/α,β-unsaturated/α-hetero) is 1. The maximum Gasteiger partial charge on any atom is 0.151 e. The van der Waals surface area contributed by atoms with Crippen LogP contribution in [0.3, 0.4) is 0 Å². The zero-order valence-corrected chi connectivity index (χ0v) is 10.4. The van der Waals surface area contributed by atoms with Gasteiger partial charge in [-0.25, -0.2) is 0 Å². The molecule has 0 amide bonds. The maximum atomic E-state index is 11.9. The van der Waals surface area contributed by atoms with Gasteiger partial charge in [-0.3, -0.25) is 9.69 Å². The van der Waals surface area contributed by atoms with Crippen LogP contribution in [-0.2, 0) is 16.0 Å². The molecule has 1 aromatic rings. The molecule has 1 saturated heterocycles. The SMILES string of the molecule is O=C(Cc1ccccc1)CN1CCOC(CO)C1. The molecule has 1 aromatic carbocycles. The van der Waals surface area contributed by atoms with Gasteiger partial charge in [0.25, 0.3) is 0 Å². The van der Waals surface area contributed by atoms with Gasteiger partial charge in [0.2, 0.25) is 0 Å². The smallest absolute Gasteiger partial charge is 0.151 e. The van der Waals surface area contributed by atoms with Crippen LogP contribution in [0.2, 0.25) is 0 Å². The number of nitrogens with zero attached hydrogens (tertiary/aromatic N) is 1. The Hall–Kier alpha value is -1.23. The Morgan fingerprint density at radius 2 is 2.17 bits per heavy atom. The third kappa shape index (κ3) is 3.91. The molecule has 1 N–H and O–H groups in total. The summed E-state index contributed by atoms with van der Waals surface area (Å²) >= 11 is 0. The highest BCUT2D eigenvalue weighted by atomic mass is 16.5. The first-order valence-corrected chi connectivity index (χ1v) is 6.28. The van der Waals surface area contributed by atoms with Gasteiger partial charge in [0.15, 0.2) is 5.78 Å². The van der Waals surface area contributed by atoms with Crippen LogP contribution in [-0.4, -0.2) is 54.7 Å². The van der Waals surface area contributed by atoms with Crippen LogP contribution in [0.1, 0.15) is 5.56 Å². The van der Waals surface area contributed by atoms with Crippen LogP contribution < -0.4 is 0 Å². The zero-order valence-electron chi connectivity index (χ0n) is 10.4. The molecule has 18 heavy (non-hydrogen) atoms. The predicted molar refractivity (Wildman–Crippen MR) is 68.4 cm³/mol. The van der Waals surface area contributed by atoms with Crippen molar-refractivity contribution in [2.24, 2.45) is 0 Å². The van der Waals surface area contributed by atoms with E-state index in [9.17, 15) is 4.79 Å². The molecule has 0 saturated carbocycles. The standard InChI is InChI=1S/C14H19NO3/c16-11-14-10-15(6-7-18-14)9-13(17)8-12-4-2-1-3-5-12/h1-5,14,16H,6-11H2. The third-order valence-electron chi connectivity index (χ3n) is 3.07. The summed E-state index contributed by atoms with van der Waals surface area (Å²) in [6.45, 7) is 2.44. The molecule has 0 radical (unpaired) electrons. The summed E-state index contributed by atoms with van der Waals surface area (Å²) in [5.41, 5.74) is 1.05. The number of rotatable bonds is 5. The largest absolute Gasteiger partial charge is 0.394 e. The van der Waals surface area contributed by atoms with E-state index in [0.29, 0.717) is 26.1 Å². The molecule has 1 unspecified atom stereocenters. The number of carbonyl (C=O) groups excluding carboxylic acids is 1. The Kier molecular flexibility index (Phi) is 4.87.